The van der Waals surface area contributed by atoms with Gasteiger partial charge in [-0.2, -0.15) is 13.2 Å². The number of ether oxygens (including phenoxy) is 2. The van der Waals surface area contributed by atoms with E-state index in [-0.39, 0.29) is 29.9 Å². The van der Waals surface area contributed by atoms with Gasteiger partial charge in [-0.1, -0.05) is 6.07 Å². The molecule has 0 saturated heterocycles. The number of carbonyl (C=O) groups excluding carboxylic acids is 1. The molecule has 0 aliphatic rings. The van der Waals surface area contributed by atoms with Crippen LogP contribution in [0.2, 0.25) is 0 Å². The molecule has 0 amide bonds. The number of hydrogen-bond acceptors (Lipinski definition) is 5. The lowest BCUT2D eigenvalue weighted by molar-refractivity contribution is -0.153. The van der Waals surface area contributed by atoms with Crippen LogP contribution in [0.3, 0.4) is 0 Å². The van der Waals surface area contributed by atoms with E-state index < -0.39 is 47.0 Å². The Morgan fingerprint density at radius 2 is 1.78 bits per heavy atom. The Hall–Kier alpha value is -2.98. The van der Waals surface area contributed by atoms with Crippen LogP contribution in [0.1, 0.15) is 46.9 Å². The summed E-state index contributed by atoms with van der Waals surface area (Å²) in [5.74, 6) is -3.31. The van der Waals surface area contributed by atoms with Gasteiger partial charge in [0, 0.05) is 12.0 Å². The molecule has 2 atom stereocenters. The molecule has 0 spiro atoms. The van der Waals surface area contributed by atoms with Crippen LogP contribution in [-0.4, -0.2) is 36.2 Å². The zero-order valence-corrected chi connectivity index (χ0v) is 17.6. The summed E-state index contributed by atoms with van der Waals surface area (Å²) in [5, 5.41) is 9.36. The molecule has 0 aliphatic heterocycles. The smallest absolute Gasteiger partial charge is 0.416 e. The second-order valence-electron chi connectivity index (χ2n) is 7.33. The molecular formula is C22H23F4NO5. The third-order valence-electron chi connectivity index (χ3n) is 4.61. The van der Waals surface area contributed by atoms with Crippen molar-refractivity contribution in [3.05, 3.63) is 64.5 Å². The molecule has 174 valence electrons. The summed E-state index contributed by atoms with van der Waals surface area (Å²) in [7, 11) is 1.32. The first-order chi connectivity index (χ1) is 14.8. The number of hydrogen-bond donors (Lipinski definition) is 2. The molecule has 6 nitrogen and oxygen atoms in total. The van der Waals surface area contributed by atoms with Gasteiger partial charge in [0.15, 0.2) is 11.9 Å². The quantitative estimate of drug-likeness (QED) is 0.434. The predicted octanol–water partition coefficient (Wildman–Crippen LogP) is 4.16. The molecule has 0 saturated carbocycles. The molecule has 2 aromatic rings. The summed E-state index contributed by atoms with van der Waals surface area (Å²) in [6, 6.07) is 4.56. The van der Waals surface area contributed by atoms with Gasteiger partial charge in [-0.05, 0) is 49.7 Å². The van der Waals surface area contributed by atoms with Crippen LogP contribution in [0.25, 0.3) is 0 Å². The second kappa shape index (κ2) is 10.1. The molecule has 0 fully saturated rings. The zero-order valence-electron chi connectivity index (χ0n) is 17.6. The van der Waals surface area contributed by atoms with E-state index in [9.17, 15) is 32.3 Å². The lowest BCUT2D eigenvalue weighted by Crippen LogP contribution is -2.29. The van der Waals surface area contributed by atoms with E-state index >= 15 is 0 Å². The fourth-order valence-corrected chi connectivity index (χ4v) is 3.09. The van der Waals surface area contributed by atoms with Crippen LogP contribution < -0.4 is 10.5 Å². The molecule has 0 radical (unpaired) electrons. The van der Waals surface area contributed by atoms with E-state index in [2.05, 4.69) is 0 Å². The van der Waals surface area contributed by atoms with Crippen LogP contribution in [0, 0.1) is 5.82 Å². The standard InChI is InChI=1S/C22H23F4NO5/c1-11(2)32-18(21(29)30)9-12-4-7-17(31-3)15(8-12)19(27)20(28)14-6-5-13(10-16(14)23)22(24,25)26/h4-8,10-11,18-19H,9,27H2,1-3H3,(H,29,30)/t18-,19?/m0/s1. The van der Waals surface area contributed by atoms with Crippen molar-refractivity contribution < 1.29 is 41.7 Å². The van der Waals surface area contributed by atoms with E-state index in [0.717, 1.165) is 6.07 Å². The number of halogens is 4. The maximum atomic E-state index is 14.3. The average Bonchev–Trinajstić information content (AvgIpc) is 2.71. The van der Waals surface area contributed by atoms with E-state index in [1.165, 1.54) is 19.2 Å². The molecule has 10 heteroatoms. The van der Waals surface area contributed by atoms with E-state index in [1.54, 1.807) is 19.9 Å². The molecule has 0 heterocycles. The SMILES string of the molecule is COc1ccc(C[C@H](OC(C)C)C(=O)O)cc1C(N)C(=O)c1ccc(C(F)(F)F)cc1F. The van der Waals surface area contributed by atoms with Crippen molar-refractivity contribution in [3.8, 4) is 5.75 Å². The van der Waals surface area contributed by atoms with Gasteiger partial charge in [-0.3, -0.25) is 4.79 Å². The van der Waals surface area contributed by atoms with Gasteiger partial charge in [0.2, 0.25) is 0 Å². The molecule has 0 aromatic heterocycles. The van der Waals surface area contributed by atoms with Gasteiger partial charge in [0.25, 0.3) is 0 Å². The van der Waals surface area contributed by atoms with Crippen molar-refractivity contribution in [2.75, 3.05) is 7.11 Å². The van der Waals surface area contributed by atoms with Crippen molar-refractivity contribution in [2.45, 2.75) is 44.7 Å². The first kappa shape index (κ1) is 25.3. The lowest BCUT2D eigenvalue weighted by Gasteiger charge is -2.19. The monoisotopic (exact) mass is 457 g/mol. The second-order valence-corrected chi connectivity index (χ2v) is 7.33. The fourth-order valence-electron chi connectivity index (χ4n) is 3.09. The van der Waals surface area contributed by atoms with Crippen LogP contribution in [-0.2, 0) is 22.1 Å². The highest BCUT2D eigenvalue weighted by atomic mass is 19.4. The molecule has 0 aliphatic carbocycles. The number of carboxylic acids is 1. The summed E-state index contributed by atoms with van der Waals surface area (Å²) in [5.41, 5.74) is 4.77. The van der Waals surface area contributed by atoms with Gasteiger partial charge >= 0.3 is 12.1 Å². The van der Waals surface area contributed by atoms with Crippen molar-refractivity contribution >= 4 is 11.8 Å². The summed E-state index contributed by atoms with van der Waals surface area (Å²) >= 11 is 0. The first-order valence-corrected chi connectivity index (χ1v) is 9.56. The van der Waals surface area contributed by atoms with Gasteiger partial charge in [0.05, 0.1) is 30.4 Å². The summed E-state index contributed by atoms with van der Waals surface area (Å²) in [6.45, 7) is 3.37. The number of Topliss-reactive ketones (excluding diaryl/α,β-unsaturated/α-hetero) is 1. The van der Waals surface area contributed by atoms with Gasteiger partial charge < -0.3 is 20.3 Å². The van der Waals surface area contributed by atoms with Gasteiger partial charge in [-0.25, -0.2) is 9.18 Å². The van der Waals surface area contributed by atoms with Gasteiger partial charge in [0.1, 0.15) is 11.6 Å². The number of alkyl halides is 3. The topological polar surface area (TPSA) is 98.8 Å². The van der Waals surface area contributed by atoms with Crippen LogP contribution in [0.15, 0.2) is 36.4 Å². The normalized spacial score (nSPS) is 13.7. The van der Waals surface area contributed by atoms with Crippen LogP contribution >= 0.6 is 0 Å². The minimum atomic E-state index is -4.76. The Bertz CT molecular complexity index is 991. The van der Waals surface area contributed by atoms with E-state index in [1.807, 2.05) is 0 Å². The largest absolute Gasteiger partial charge is 0.496 e. The number of carboxylic acid groups (broad SMARTS) is 1. The fraction of sp³-hybridized carbons (Fsp3) is 0.364. The Kier molecular flexibility index (Phi) is 7.97. The van der Waals surface area contributed by atoms with Crippen LogP contribution in [0.4, 0.5) is 17.6 Å². The summed E-state index contributed by atoms with van der Waals surface area (Å²) in [4.78, 5) is 24.2. The highest BCUT2D eigenvalue weighted by molar-refractivity contribution is 6.01. The molecule has 3 N–H and O–H groups in total. The van der Waals surface area contributed by atoms with Crippen molar-refractivity contribution in [3.63, 3.8) is 0 Å². The number of carbonyl (C=O) groups is 2. The summed E-state index contributed by atoms with van der Waals surface area (Å²) < 4.78 is 63.1. The molecule has 1 unspecified atom stereocenters. The van der Waals surface area contributed by atoms with E-state index in [0.29, 0.717) is 11.6 Å². The number of rotatable bonds is 9. The van der Waals surface area contributed by atoms with Crippen LogP contribution in [0.5, 0.6) is 5.75 Å². The maximum absolute atomic E-state index is 14.3. The van der Waals surface area contributed by atoms with Crippen molar-refractivity contribution in [1.82, 2.24) is 0 Å². The molecule has 0 bridgehead atoms. The van der Waals surface area contributed by atoms with Crippen molar-refractivity contribution in [2.24, 2.45) is 5.73 Å². The number of aliphatic carboxylic acids is 1. The molecule has 2 rings (SSSR count). The average molecular weight is 457 g/mol. The van der Waals surface area contributed by atoms with Crippen molar-refractivity contribution in [1.29, 1.82) is 0 Å². The third-order valence-corrected chi connectivity index (χ3v) is 4.61. The van der Waals surface area contributed by atoms with Gasteiger partial charge in [-0.15, -0.1) is 0 Å². The first-order valence-electron chi connectivity index (χ1n) is 9.56. The molecule has 2 aromatic carbocycles. The molecule has 32 heavy (non-hydrogen) atoms. The lowest BCUT2D eigenvalue weighted by atomic mass is 9.94. The Morgan fingerprint density at radius 1 is 1.12 bits per heavy atom. The molecular weight excluding hydrogens is 434 g/mol. The minimum Gasteiger partial charge on any atom is -0.496 e. The zero-order chi connectivity index (χ0) is 24.2. The number of nitrogens with two attached hydrogens (primary N) is 1. The number of ketones is 1. The summed E-state index contributed by atoms with van der Waals surface area (Å²) in [6.07, 6.45) is -6.31. The van der Waals surface area contributed by atoms with E-state index in [4.69, 9.17) is 15.2 Å². The Balaban J connectivity index is 2.38. The minimum absolute atomic E-state index is 0.0416. The predicted molar refractivity (Wildman–Crippen MR) is 107 cm³/mol. The maximum Gasteiger partial charge on any atom is 0.416 e. The number of benzene rings is 2. The highest BCUT2D eigenvalue weighted by Gasteiger charge is 2.33. The third kappa shape index (κ3) is 6.04. The Labute approximate surface area is 181 Å². The highest BCUT2D eigenvalue weighted by Crippen LogP contribution is 2.32. The Morgan fingerprint density at radius 3 is 2.28 bits per heavy atom. The number of methoxy groups -OCH3 is 1.